The van der Waals surface area contributed by atoms with Crippen LogP contribution < -0.4 is 4.90 Å². The van der Waals surface area contributed by atoms with Gasteiger partial charge in [0.25, 0.3) is 5.91 Å². The van der Waals surface area contributed by atoms with Crippen molar-refractivity contribution < 1.29 is 9.53 Å². The van der Waals surface area contributed by atoms with E-state index < -0.39 is 0 Å². The van der Waals surface area contributed by atoms with E-state index in [2.05, 4.69) is 35.9 Å². The zero-order valence-electron chi connectivity index (χ0n) is 18.6. The van der Waals surface area contributed by atoms with Crippen LogP contribution in [-0.4, -0.2) is 60.2 Å². The highest BCUT2D eigenvalue weighted by atomic mass is 32.1. The lowest BCUT2D eigenvalue weighted by atomic mass is 10.1. The summed E-state index contributed by atoms with van der Waals surface area (Å²) in [4.78, 5) is 26.1. The highest BCUT2D eigenvalue weighted by molar-refractivity contribution is 7.22. The predicted molar refractivity (Wildman–Crippen MR) is 131 cm³/mol. The lowest BCUT2D eigenvalue weighted by Gasteiger charge is -2.27. The number of benzene rings is 2. The minimum Gasteiger partial charge on any atom is -0.379 e. The molecule has 0 saturated carbocycles. The molecule has 1 saturated heterocycles. The van der Waals surface area contributed by atoms with Crippen molar-refractivity contribution in [2.24, 2.45) is 0 Å². The van der Waals surface area contributed by atoms with E-state index in [1.54, 1.807) is 11.3 Å². The number of H-pyrrole nitrogens is 1. The van der Waals surface area contributed by atoms with Crippen LogP contribution in [0.1, 0.15) is 27.9 Å². The molecular weight excluding hydrogens is 420 g/mol. The van der Waals surface area contributed by atoms with Crippen molar-refractivity contribution in [3.05, 3.63) is 59.3 Å². The molecular formula is C25H28N4O2S. The lowest BCUT2D eigenvalue weighted by Crippen LogP contribution is -2.39. The molecule has 0 aliphatic carbocycles. The number of anilines is 1. The molecule has 166 valence electrons. The van der Waals surface area contributed by atoms with E-state index in [0.29, 0.717) is 12.1 Å². The number of amides is 1. The molecule has 4 aromatic rings. The quantitative estimate of drug-likeness (QED) is 0.462. The van der Waals surface area contributed by atoms with Gasteiger partial charge in [-0.3, -0.25) is 14.6 Å². The monoisotopic (exact) mass is 448 g/mol. The van der Waals surface area contributed by atoms with E-state index in [1.807, 2.05) is 35.4 Å². The van der Waals surface area contributed by atoms with Crippen molar-refractivity contribution in [2.75, 3.05) is 44.3 Å². The van der Waals surface area contributed by atoms with Gasteiger partial charge in [-0.1, -0.05) is 29.5 Å². The van der Waals surface area contributed by atoms with Gasteiger partial charge in [0.2, 0.25) is 0 Å². The molecule has 5 rings (SSSR count). The fourth-order valence-corrected chi connectivity index (χ4v) is 5.31. The van der Waals surface area contributed by atoms with Crippen LogP contribution in [0.3, 0.4) is 0 Å². The maximum atomic E-state index is 13.8. The van der Waals surface area contributed by atoms with Gasteiger partial charge >= 0.3 is 0 Å². The Balaban J connectivity index is 1.46. The second-order valence-electron chi connectivity index (χ2n) is 8.41. The van der Waals surface area contributed by atoms with Crippen LogP contribution in [0.15, 0.2) is 42.6 Å². The number of nitrogens with zero attached hydrogens (tertiary/aromatic N) is 3. The summed E-state index contributed by atoms with van der Waals surface area (Å²) in [7, 11) is 0. The second-order valence-corrected chi connectivity index (χ2v) is 9.42. The molecule has 1 N–H and O–H groups in total. The zero-order valence-corrected chi connectivity index (χ0v) is 19.4. The van der Waals surface area contributed by atoms with E-state index in [1.165, 1.54) is 11.1 Å². The van der Waals surface area contributed by atoms with Gasteiger partial charge in [0.1, 0.15) is 0 Å². The molecule has 1 fully saturated rings. The van der Waals surface area contributed by atoms with E-state index in [9.17, 15) is 4.79 Å². The number of aromatic nitrogens is 2. The summed E-state index contributed by atoms with van der Waals surface area (Å²) in [6.07, 6.45) is 2.71. The molecule has 0 spiro atoms. The number of ether oxygens (including phenoxy) is 1. The van der Waals surface area contributed by atoms with Gasteiger partial charge in [0.05, 0.1) is 29.0 Å². The largest absolute Gasteiger partial charge is 0.379 e. The summed E-state index contributed by atoms with van der Waals surface area (Å²) < 4.78 is 6.58. The van der Waals surface area contributed by atoms with Gasteiger partial charge in [0, 0.05) is 43.3 Å². The standard InChI is InChI=1S/C25H28N4O2S/c1-17-14-22-23(15-18(17)2)32-25(27-22)29(9-5-8-28-10-12-31-13-11-28)24(30)20-16-26-21-7-4-3-6-19(20)21/h3-4,6-7,14-16,26H,5,8-13H2,1-2H3. The van der Waals surface area contributed by atoms with Gasteiger partial charge in [0.15, 0.2) is 5.13 Å². The Bertz CT molecular complexity index is 1220. The van der Waals surface area contributed by atoms with Crippen molar-refractivity contribution in [3.63, 3.8) is 0 Å². The number of carbonyl (C=O) groups is 1. The Kier molecular flexibility index (Phi) is 5.95. The van der Waals surface area contributed by atoms with Crippen molar-refractivity contribution in [1.82, 2.24) is 14.9 Å². The molecule has 0 bridgehead atoms. The van der Waals surface area contributed by atoms with E-state index >= 15 is 0 Å². The first-order valence-corrected chi connectivity index (χ1v) is 12.0. The number of rotatable bonds is 6. The molecule has 0 radical (unpaired) electrons. The summed E-state index contributed by atoms with van der Waals surface area (Å²) in [6, 6.07) is 12.2. The second kappa shape index (κ2) is 9.02. The number of nitrogens with one attached hydrogen (secondary N) is 1. The number of aromatic amines is 1. The molecule has 6 nitrogen and oxygen atoms in total. The summed E-state index contributed by atoms with van der Waals surface area (Å²) in [5, 5.41) is 1.71. The minimum atomic E-state index is -0.00284. The molecule has 32 heavy (non-hydrogen) atoms. The topological polar surface area (TPSA) is 61.5 Å². The molecule has 3 heterocycles. The fraction of sp³-hybridized carbons (Fsp3) is 0.360. The van der Waals surface area contributed by atoms with Crippen molar-refractivity contribution >= 4 is 43.5 Å². The SMILES string of the molecule is Cc1cc2nc(N(CCCN3CCOCC3)C(=O)c3c[nH]c4ccccc34)sc2cc1C. The number of hydrogen-bond acceptors (Lipinski definition) is 5. The molecule has 2 aromatic heterocycles. The number of aryl methyl sites for hydroxylation is 2. The van der Waals surface area contributed by atoms with Crippen LogP contribution in [0.2, 0.25) is 0 Å². The van der Waals surface area contributed by atoms with Gasteiger partial charge in [-0.25, -0.2) is 4.98 Å². The first kappa shape index (κ1) is 21.1. The third-order valence-corrected chi connectivity index (χ3v) is 7.29. The van der Waals surface area contributed by atoms with Crippen LogP contribution >= 0.6 is 11.3 Å². The van der Waals surface area contributed by atoms with Crippen LogP contribution in [0.4, 0.5) is 5.13 Å². The number of hydrogen-bond donors (Lipinski definition) is 1. The van der Waals surface area contributed by atoms with Crippen LogP contribution in [0.25, 0.3) is 21.1 Å². The Hall–Kier alpha value is -2.74. The Morgan fingerprint density at radius 1 is 1.19 bits per heavy atom. The van der Waals surface area contributed by atoms with Crippen LogP contribution in [0.5, 0.6) is 0 Å². The number of para-hydroxylation sites is 1. The van der Waals surface area contributed by atoms with Gasteiger partial charge in [-0.15, -0.1) is 0 Å². The number of thiazole rings is 1. The Morgan fingerprint density at radius 2 is 1.97 bits per heavy atom. The number of morpholine rings is 1. The molecule has 7 heteroatoms. The highest BCUT2D eigenvalue weighted by Gasteiger charge is 2.24. The van der Waals surface area contributed by atoms with Gasteiger partial charge in [-0.2, -0.15) is 0 Å². The summed E-state index contributed by atoms with van der Waals surface area (Å²) >= 11 is 1.60. The number of fused-ring (bicyclic) bond motifs is 2. The molecule has 1 aliphatic heterocycles. The molecule has 0 unspecified atom stereocenters. The highest BCUT2D eigenvalue weighted by Crippen LogP contribution is 2.32. The van der Waals surface area contributed by atoms with Crippen LogP contribution in [0, 0.1) is 13.8 Å². The van der Waals surface area contributed by atoms with Gasteiger partial charge in [-0.05, 0) is 49.6 Å². The van der Waals surface area contributed by atoms with E-state index in [-0.39, 0.29) is 5.91 Å². The predicted octanol–water partition coefficient (Wildman–Crippen LogP) is 4.76. The molecule has 2 aromatic carbocycles. The fourth-order valence-electron chi connectivity index (χ4n) is 4.24. The third-order valence-electron chi connectivity index (χ3n) is 6.25. The van der Waals surface area contributed by atoms with Crippen molar-refractivity contribution in [1.29, 1.82) is 0 Å². The lowest BCUT2D eigenvalue weighted by molar-refractivity contribution is 0.0376. The Labute approximate surface area is 191 Å². The van der Waals surface area contributed by atoms with Crippen molar-refractivity contribution in [2.45, 2.75) is 20.3 Å². The third kappa shape index (κ3) is 4.16. The molecule has 1 aliphatic rings. The number of carbonyl (C=O) groups excluding carboxylic acids is 1. The van der Waals surface area contributed by atoms with Gasteiger partial charge < -0.3 is 9.72 Å². The Morgan fingerprint density at radius 3 is 2.81 bits per heavy atom. The molecule has 0 atom stereocenters. The van der Waals surface area contributed by atoms with Crippen LogP contribution in [-0.2, 0) is 4.74 Å². The van der Waals surface area contributed by atoms with Crippen molar-refractivity contribution in [3.8, 4) is 0 Å². The summed E-state index contributed by atoms with van der Waals surface area (Å²) in [5.74, 6) is -0.00284. The van der Waals surface area contributed by atoms with E-state index in [4.69, 9.17) is 9.72 Å². The summed E-state index contributed by atoms with van der Waals surface area (Å²) in [5.41, 5.74) is 5.09. The first-order valence-electron chi connectivity index (χ1n) is 11.2. The molecule has 1 amide bonds. The maximum Gasteiger partial charge on any atom is 0.262 e. The summed E-state index contributed by atoms with van der Waals surface area (Å²) in [6.45, 7) is 9.28. The first-order chi connectivity index (χ1) is 15.6. The van der Waals surface area contributed by atoms with E-state index in [0.717, 1.165) is 65.5 Å². The zero-order chi connectivity index (χ0) is 22.1. The normalized spacial score (nSPS) is 14.9. The average molecular weight is 449 g/mol. The maximum absolute atomic E-state index is 13.8. The smallest absolute Gasteiger partial charge is 0.262 e. The average Bonchev–Trinajstić information content (AvgIpc) is 3.41. The minimum absolute atomic E-state index is 0.00284.